The van der Waals surface area contributed by atoms with Crippen LogP contribution in [0.4, 0.5) is 18.9 Å². The Morgan fingerprint density at radius 3 is 2.24 bits per heavy atom. The number of aliphatic carboxylic acids is 1. The van der Waals surface area contributed by atoms with E-state index in [-0.39, 0.29) is 10.6 Å². The van der Waals surface area contributed by atoms with Crippen molar-refractivity contribution in [1.82, 2.24) is 4.98 Å². The van der Waals surface area contributed by atoms with Crippen LogP contribution in [0.5, 0.6) is 0 Å². The Bertz CT molecular complexity index is 419. The van der Waals surface area contributed by atoms with Gasteiger partial charge in [-0.3, -0.25) is 19.5 Å². The summed E-state index contributed by atoms with van der Waals surface area (Å²) < 4.78 is 36.7. The smallest absolute Gasteiger partial charge is 0.471 e. The maximum absolute atomic E-state index is 12.2. The lowest BCUT2D eigenvalue weighted by atomic mass is 10.3. The minimum Gasteiger partial charge on any atom is -0.480 e. The normalized spacial score (nSPS) is 11.0. The van der Waals surface area contributed by atoms with Gasteiger partial charge in [0.25, 0.3) is 0 Å². The zero-order chi connectivity index (χ0) is 13.1. The number of aromatic nitrogens is 1. The Balaban J connectivity index is 3.05. The molecule has 1 N–H and O–H groups in total. The molecule has 0 atom stereocenters. The van der Waals surface area contributed by atoms with E-state index in [1.165, 1.54) is 0 Å². The summed E-state index contributed by atoms with van der Waals surface area (Å²) in [5, 5.41) is 8.48. The number of carboxylic acid groups (broad SMARTS) is 1. The Kier molecular flexibility index (Phi) is 3.66. The summed E-state index contributed by atoms with van der Waals surface area (Å²) in [7, 11) is 0. The number of anilines is 1. The van der Waals surface area contributed by atoms with Crippen LogP contribution in [0.2, 0.25) is 0 Å². The number of carboxylic acids is 1. The molecule has 0 saturated carbocycles. The molecule has 0 unspecified atom stereocenters. The Morgan fingerprint density at radius 1 is 1.29 bits per heavy atom. The van der Waals surface area contributed by atoms with Crippen LogP contribution >= 0.6 is 0 Å². The average molecular weight is 248 g/mol. The number of alkyl halides is 3. The Labute approximate surface area is 93.5 Å². The van der Waals surface area contributed by atoms with Crippen molar-refractivity contribution in [2.24, 2.45) is 0 Å². The van der Waals surface area contributed by atoms with Gasteiger partial charge >= 0.3 is 18.1 Å². The van der Waals surface area contributed by atoms with Crippen LogP contribution in [0.25, 0.3) is 0 Å². The first kappa shape index (κ1) is 12.9. The average Bonchev–Trinajstić information content (AvgIpc) is 2.24. The van der Waals surface area contributed by atoms with Crippen molar-refractivity contribution >= 4 is 17.6 Å². The molecule has 0 aliphatic carbocycles. The van der Waals surface area contributed by atoms with Crippen LogP contribution in [0, 0.1) is 0 Å². The second-order valence-electron chi connectivity index (χ2n) is 2.99. The van der Waals surface area contributed by atoms with Gasteiger partial charge in [-0.05, 0) is 12.1 Å². The third-order valence-electron chi connectivity index (χ3n) is 1.76. The molecule has 17 heavy (non-hydrogen) atoms. The molecule has 0 saturated heterocycles. The zero-order valence-electron chi connectivity index (χ0n) is 8.31. The Hall–Kier alpha value is -2.12. The summed E-state index contributed by atoms with van der Waals surface area (Å²) in [4.78, 5) is 25.1. The number of carbonyl (C=O) groups excluding carboxylic acids is 1. The molecule has 0 fully saturated rings. The highest BCUT2D eigenvalue weighted by molar-refractivity contribution is 6.00. The molecule has 92 valence electrons. The molecule has 0 aliphatic rings. The maximum atomic E-state index is 12.2. The fourth-order valence-corrected chi connectivity index (χ4v) is 1.09. The fourth-order valence-electron chi connectivity index (χ4n) is 1.09. The summed E-state index contributed by atoms with van der Waals surface area (Å²) >= 11 is 0. The van der Waals surface area contributed by atoms with E-state index in [1.807, 2.05) is 0 Å². The number of nitrogens with zero attached hydrogens (tertiary/aromatic N) is 2. The molecule has 1 rings (SSSR count). The molecule has 0 spiro atoms. The number of carbonyl (C=O) groups is 2. The van der Waals surface area contributed by atoms with Crippen molar-refractivity contribution in [2.75, 3.05) is 11.4 Å². The first-order chi connectivity index (χ1) is 7.82. The number of halogens is 3. The van der Waals surface area contributed by atoms with E-state index in [9.17, 15) is 22.8 Å². The topological polar surface area (TPSA) is 70.5 Å². The number of pyridine rings is 1. The zero-order valence-corrected chi connectivity index (χ0v) is 8.31. The van der Waals surface area contributed by atoms with Crippen LogP contribution in [0.1, 0.15) is 0 Å². The monoisotopic (exact) mass is 248 g/mol. The summed E-state index contributed by atoms with van der Waals surface area (Å²) in [5.41, 5.74) is -0.176. The first-order valence-electron chi connectivity index (χ1n) is 4.33. The summed E-state index contributed by atoms with van der Waals surface area (Å²) in [5.74, 6) is -3.77. The standard InChI is InChI=1S/C9H7F3N2O3/c10-9(11,12)8(17)14(5-7(15)16)6-1-3-13-4-2-6/h1-4H,5H2,(H,15,16). The second kappa shape index (κ2) is 4.81. The molecule has 0 radical (unpaired) electrons. The quantitative estimate of drug-likeness (QED) is 0.868. The van der Waals surface area contributed by atoms with E-state index in [1.54, 1.807) is 0 Å². The van der Waals surface area contributed by atoms with Crippen LogP contribution in [0.15, 0.2) is 24.5 Å². The highest BCUT2D eigenvalue weighted by atomic mass is 19.4. The van der Waals surface area contributed by atoms with Gasteiger partial charge in [0.2, 0.25) is 0 Å². The number of hydrogen-bond acceptors (Lipinski definition) is 3. The maximum Gasteiger partial charge on any atom is 0.471 e. The number of rotatable bonds is 3. The molecular formula is C9H7F3N2O3. The predicted molar refractivity (Wildman–Crippen MR) is 50.3 cm³/mol. The van der Waals surface area contributed by atoms with Crippen molar-refractivity contribution in [3.8, 4) is 0 Å². The van der Waals surface area contributed by atoms with E-state index < -0.39 is 24.6 Å². The van der Waals surface area contributed by atoms with E-state index in [0.29, 0.717) is 0 Å². The van der Waals surface area contributed by atoms with Gasteiger partial charge < -0.3 is 5.11 Å². The number of amides is 1. The van der Waals surface area contributed by atoms with E-state index >= 15 is 0 Å². The molecule has 8 heteroatoms. The van der Waals surface area contributed by atoms with Gasteiger partial charge in [-0.1, -0.05) is 0 Å². The van der Waals surface area contributed by atoms with Gasteiger partial charge in [0.1, 0.15) is 6.54 Å². The van der Waals surface area contributed by atoms with Gasteiger partial charge in [0.05, 0.1) is 0 Å². The van der Waals surface area contributed by atoms with Crippen molar-refractivity contribution < 1.29 is 27.9 Å². The van der Waals surface area contributed by atoms with Gasteiger partial charge in [-0.25, -0.2) is 0 Å². The van der Waals surface area contributed by atoms with Crippen molar-refractivity contribution in [3.05, 3.63) is 24.5 Å². The molecule has 1 heterocycles. The number of hydrogen-bond donors (Lipinski definition) is 1. The van der Waals surface area contributed by atoms with Crippen molar-refractivity contribution in [1.29, 1.82) is 0 Å². The fraction of sp³-hybridized carbons (Fsp3) is 0.222. The van der Waals surface area contributed by atoms with E-state index in [4.69, 9.17) is 5.11 Å². The molecule has 5 nitrogen and oxygen atoms in total. The van der Waals surface area contributed by atoms with Gasteiger partial charge in [-0.2, -0.15) is 13.2 Å². The first-order valence-corrected chi connectivity index (χ1v) is 4.33. The van der Waals surface area contributed by atoms with E-state index in [2.05, 4.69) is 4.98 Å². The Morgan fingerprint density at radius 2 is 1.82 bits per heavy atom. The van der Waals surface area contributed by atoms with Crippen LogP contribution in [-0.2, 0) is 9.59 Å². The van der Waals surface area contributed by atoms with Crippen molar-refractivity contribution in [2.45, 2.75) is 6.18 Å². The lowest BCUT2D eigenvalue weighted by Crippen LogP contribution is -2.44. The molecule has 1 aromatic heterocycles. The minimum atomic E-state index is -5.13. The highest BCUT2D eigenvalue weighted by Gasteiger charge is 2.43. The highest BCUT2D eigenvalue weighted by Crippen LogP contribution is 2.22. The second-order valence-corrected chi connectivity index (χ2v) is 2.99. The van der Waals surface area contributed by atoms with Gasteiger partial charge in [0, 0.05) is 18.1 Å². The molecule has 0 aromatic carbocycles. The summed E-state index contributed by atoms with van der Waals surface area (Å²) in [6.45, 7) is -1.07. The third-order valence-corrected chi connectivity index (χ3v) is 1.76. The largest absolute Gasteiger partial charge is 0.480 e. The predicted octanol–water partition coefficient (Wildman–Crippen LogP) is 1.06. The molecule has 0 bridgehead atoms. The molecule has 0 aliphatic heterocycles. The van der Waals surface area contributed by atoms with Crippen LogP contribution in [0.3, 0.4) is 0 Å². The SMILES string of the molecule is O=C(O)CN(C(=O)C(F)(F)F)c1ccncc1. The van der Waals surface area contributed by atoms with Gasteiger partial charge in [-0.15, -0.1) is 0 Å². The lowest BCUT2D eigenvalue weighted by Gasteiger charge is -2.21. The van der Waals surface area contributed by atoms with Crippen molar-refractivity contribution in [3.63, 3.8) is 0 Å². The molecule has 1 amide bonds. The lowest BCUT2D eigenvalue weighted by molar-refractivity contribution is -0.170. The van der Waals surface area contributed by atoms with Crippen LogP contribution in [-0.4, -0.2) is 34.7 Å². The molecular weight excluding hydrogens is 241 g/mol. The van der Waals surface area contributed by atoms with Crippen LogP contribution < -0.4 is 4.90 Å². The summed E-state index contributed by atoms with van der Waals surface area (Å²) in [6, 6.07) is 2.24. The van der Waals surface area contributed by atoms with E-state index in [0.717, 1.165) is 24.5 Å². The third kappa shape index (κ3) is 3.44. The summed E-state index contributed by atoms with van der Waals surface area (Å²) in [6.07, 6.45) is -2.81. The minimum absolute atomic E-state index is 0.129. The molecule has 1 aromatic rings. The van der Waals surface area contributed by atoms with Gasteiger partial charge in [0.15, 0.2) is 0 Å².